The van der Waals surface area contributed by atoms with Gasteiger partial charge in [0.1, 0.15) is 11.6 Å². The summed E-state index contributed by atoms with van der Waals surface area (Å²) in [5.41, 5.74) is 2.78. The molecule has 1 amide bonds. The molecule has 0 spiro atoms. The molecule has 0 radical (unpaired) electrons. The van der Waals surface area contributed by atoms with Gasteiger partial charge in [-0.15, -0.1) is 0 Å². The van der Waals surface area contributed by atoms with Gasteiger partial charge >= 0.3 is 0 Å². The predicted molar refractivity (Wildman–Crippen MR) is 148 cm³/mol. The van der Waals surface area contributed by atoms with Gasteiger partial charge in [-0.2, -0.15) is 0 Å². The Labute approximate surface area is 233 Å². The molecule has 1 heterocycles. The van der Waals surface area contributed by atoms with Crippen molar-refractivity contribution in [2.45, 2.75) is 36.6 Å². The highest BCUT2D eigenvalue weighted by molar-refractivity contribution is 7.89. The Morgan fingerprint density at radius 3 is 2.46 bits per heavy atom. The molecule has 0 aromatic heterocycles. The van der Waals surface area contributed by atoms with Crippen molar-refractivity contribution >= 4 is 27.5 Å². The SMILES string of the molecule is CS(=O)(=O)NC(=O)c1cc(C2CC2)c(OCC2CN(C3CC3(c3ccccc3)c3ccccc3Cl)C2)cc1F. The van der Waals surface area contributed by atoms with E-state index in [9.17, 15) is 17.6 Å². The lowest BCUT2D eigenvalue weighted by Gasteiger charge is -2.41. The van der Waals surface area contributed by atoms with Gasteiger partial charge in [0.15, 0.2) is 0 Å². The summed E-state index contributed by atoms with van der Waals surface area (Å²) in [6.45, 7) is 2.20. The Kier molecular flexibility index (Phi) is 6.68. The van der Waals surface area contributed by atoms with E-state index >= 15 is 0 Å². The molecule has 2 aliphatic carbocycles. The van der Waals surface area contributed by atoms with Crippen LogP contribution in [-0.2, 0) is 15.4 Å². The molecule has 3 aromatic carbocycles. The van der Waals surface area contributed by atoms with E-state index in [-0.39, 0.29) is 16.9 Å². The van der Waals surface area contributed by atoms with Crippen molar-refractivity contribution in [3.8, 4) is 5.75 Å². The molecule has 1 N–H and O–H groups in total. The largest absolute Gasteiger partial charge is 0.493 e. The van der Waals surface area contributed by atoms with E-state index in [1.165, 1.54) is 17.7 Å². The molecule has 204 valence electrons. The standard InChI is InChI=1S/C30H30ClFN2O4S/c1-39(36,37)33-29(35)23-13-22(20-11-12-20)27(14-26(23)32)38-18-19-16-34(17-19)28-15-30(28,21-7-3-2-4-8-21)24-9-5-6-10-25(24)31/h2-10,13-14,19-20,28H,11-12,15-18H2,1H3,(H,33,35). The molecule has 3 fully saturated rings. The summed E-state index contributed by atoms with van der Waals surface area (Å²) in [4.78, 5) is 14.8. The van der Waals surface area contributed by atoms with E-state index in [0.717, 1.165) is 54.8 Å². The molecule has 1 aliphatic heterocycles. The van der Waals surface area contributed by atoms with Crippen LogP contribution in [-0.4, -0.2) is 51.2 Å². The summed E-state index contributed by atoms with van der Waals surface area (Å²) >= 11 is 6.67. The number of hydrogen-bond donors (Lipinski definition) is 1. The molecule has 3 aromatic rings. The quantitative estimate of drug-likeness (QED) is 0.388. The second-order valence-corrected chi connectivity index (χ2v) is 13.2. The Hall–Kier alpha value is -2.94. The Bertz CT molecular complexity index is 1520. The van der Waals surface area contributed by atoms with Crippen LogP contribution in [0.3, 0.4) is 0 Å². The highest BCUT2D eigenvalue weighted by Gasteiger charge is 2.61. The van der Waals surface area contributed by atoms with Crippen LogP contribution < -0.4 is 9.46 Å². The molecule has 9 heteroatoms. The number of ether oxygens (including phenoxy) is 1. The van der Waals surface area contributed by atoms with Crippen molar-refractivity contribution in [3.05, 3.63) is 99.8 Å². The smallest absolute Gasteiger partial charge is 0.267 e. The molecule has 2 saturated carbocycles. The first-order chi connectivity index (χ1) is 18.7. The molecule has 6 nitrogen and oxygen atoms in total. The summed E-state index contributed by atoms with van der Waals surface area (Å²) in [5, 5.41) is 0.785. The summed E-state index contributed by atoms with van der Waals surface area (Å²) in [5.74, 6) is -0.838. The van der Waals surface area contributed by atoms with Gasteiger partial charge in [0.2, 0.25) is 10.0 Å². The van der Waals surface area contributed by atoms with E-state index in [0.29, 0.717) is 24.3 Å². The minimum atomic E-state index is -3.80. The fourth-order valence-corrected chi connectivity index (χ4v) is 6.74. The van der Waals surface area contributed by atoms with Crippen LogP contribution in [0.25, 0.3) is 0 Å². The second-order valence-electron chi connectivity index (χ2n) is 11.0. The van der Waals surface area contributed by atoms with Gasteiger partial charge in [0.05, 0.1) is 18.4 Å². The van der Waals surface area contributed by atoms with Crippen LogP contribution in [0.4, 0.5) is 4.39 Å². The normalized spacial score (nSPS) is 23.2. The van der Waals surface area contributed by atoms with Crippen LogP contribution in [0, 0.1) is 11.7 Å². The van der Waals surface area contributed by atoms with Crippen molar-refractivity contribution in [1.82, 2.24) is 9.62 Å². The minimum Gasteiger partial charge on any atom is -0.493 e. The number of nitrogens with one attached hydrogen (secondary N) is 1. The fourth-order valence-electron chi connectivity index (χ4n) is 5.99. The van der Waals surface area contributed by atoms with E-state index in [1.54, 1.807) is 0 Å². The monoisotopic (exact) mass is 568 g/mol. The van der Waals surface area contributed by atoms with Crippen LogP contribution in [0.1, 0.15) is 52.2 Å². The van der Waals surface area contributed by atoms with Gasteiger partial charge in [-0.25, -0.2) is 17.5 Å². The summed E-state index contributed by atoms with van der Waals surface area (Å²) in [7, 11) is -3.80. The molecule has 3 aliphatic rings. The van der Waals surface area contributed by atoms with Gasteiger partial charge in [-0.1, -0.05) is 60.1 Å². The van der Waals surface area contributed by atoms with E-state index < -0.39 is 21.7 Å². The van der Waals surface area contributed by atoms with E-state index in [4.69, 9.17) is 16.3 Å². The Morgan fingerprint density at radius 1 is 1.10 bits per heavy atom. The minimum absolute atomic E-state index is 0.129. The molecule has 2 atom stereocenters. The number of amides is 1. The van der Waals surface area contributed by atoms with Gasteiger partial charge in [0, 0.05) is 41.6 Å². The van der Waals surface area contributed by atoms with Crippen molar-refractivity contribution in [2.24, 2.45) is 5.92 Å². The number of likely N-dealkylation sites (tertiary alicyclic amines) is 1. The number of carbonyl (C=O) groups is 1. The third kappa shape index (κ3) is 5.17. The van der Waals surface area contributed by atoms with Gasteiger partial charge in [0.25, 0.3) is 5.91 Å². The second kappa shape index (κ2) is 9.91. The van der Waals surface area contributed by atoms with Crippen LogP contribution in [0.15, 0.2) is 66.7 Å². The van der Waals surface area contributed by atoms with E-state index in [1.807, 2.05) is 29.0 Å². The van der Waals surface area contributed by atoms with Crippen molar-refractivity contribution in [3.63, 3.8) is 0 Å². The van der Waals surface area contributed by atoms with Crippen molar-refractivity contribution < 1.29 is 22.3 Å². The molecular formula is C30H30ClFN2O4S. The highest BCUT2D eigenvalue weighted by Crippen LogP contribution is 2.59. The summed E-state index contributed by atoms with van der Waals surface area (Å²) in [6, 6.07) is 21.6. The number of carbonyl (C=O) groups excluding carboxylic acids is 1. The number of halogens is 2. The van der Waals surface area contributed by atoms with Gasteiger partial charge in [-0.3, -0.25) is 9.69 Å². The van der Waals surface area contributed by atoms with Crippen molar-refractivity contribution in [1.29, 1.82) is 0 Å². The number of nitrogens with zero attached hydrogens (tertiary/aromatic N) is 1. The lowest BCUT2D eigenvalue weighted by Crippen LogP contribution is -2.52. The highest BCUT2D eigenvalue weighted by atomic mass is 35.5. The average molecular weight is 569 g/mol. The van der Waals surface area contributed by atoms with Gasteiger partial charge < -0.3 is 4.74 Å². The summed E-state index contributed by atoms with van der Waals surface area (Å²) < 4.78 is 45.7. The molecule has 39 heavy (non-hydrogen) atoms. The van der Waals surface area contributed by atoms with Gasteiger partial charge in [-0.05, 0) is 54.0 Å². The number of sulfonamides is 1. The Balaban J connectivity index is 1.13. The van der Waals surface area contributed by atoms with Crippen molar-refractivity contribution in [2.75, 3.05) is 26.0 Å². The van der Waals surface area contributed by atoms with Crippen LogP contribution >= 0.6 is 11.6 Å². The maximum atomic E-state index is 14.8. The zero-order valence-electron chi connectivity index (χ0n) is 21.6. The third-order valence-corrected chi connectivity index (χ3v) is 8.99. The maximum absolute atomic E-state index is 14.8. The third-order valence-electron chi connectivity index (χ3n) is 8.11. The first-order valence-electron chi connectivity index (χ1n) is 13.2. The Morgan fingerprint density at radius 2 is 1.79 bits per heavy atom. The van der Waals surface area contributed by atoms with E-state index in [2.05, 4.69) is 35.2 Å². The zero-order valence-corrected chi connectivity index (χ0v) is 23.1. The number of benzene rings is 3. The molecule has 0 bridgehead atoms. The van der Waals surface area contributed by atoms with Crippen LogP contribution in [0.2, 0.25) is 5.02 Å². The lowest BCUT2D eigenvalue weighted by atomic mass is 9.86. The lowest BCUT2D eigenvalue weighted by molar-refractivity contribution is 0.0502. The predicted octanol–water partition coefficient (Wildman–Crippen LogP) is 5.12. The summed E-state index contributed by atoms with van der Waals surface area (Å²) in [6.07, 6.45) is 3.72. The molecule has 1 saturated heterocycles. The topological polar surface area (TPSA) is 75.7 Å². The molecule has 2 unspecified atom stereocenters. The number of hydrogen-bond acceptors (Lipinski definition) is 5. The number of rotatable bonds is 9. The maximum Gasteiger partial charge on any atom is 0.267 e. The molecule has 6 rings (SSSR count). The van der Waals surface area contributed by atoms with Crippen LogP contribution in [0.5, 0.6) is 5.75 Å². The fraction of sp³-hybridized carbons (Fsp3) is 0.367. The zero-order chi connectivity index (χ0) is 27.4. The first kappa shape index (κ1) is 26.3. The molecular weight excluding hydrogens is 539 g/mol. The first-order valence-corrected chi connectivity index (χ1v) is 15.5. The average Bonchev–Trinajstić information content (AvgIpc) is 3.79.